The molecule has 0 N–H and O–H groups in total. The first-order valence-corrected chi connectivity index (χ1v) is 5.51. The van der Waals surface area contributed by atoms with Crippen molar-refractivity contribution < 1.29 is 4.74 Å². The van der Waals surface area contributed by atoms with Crippen molar-refractivity contribution in [1.82, 2.24) is 0 Å². The van der Waals surface area contributed by atoms with Gasteiger partial charge in [0.05, 0.1) is 12.2 Å². The van der Waals surface area contributed by atoms with Gasteiger partial charge in [-0.25, -0.2) is 0 Å². The molecule has 0 aliphatic carbocycles. The molecule has 1 fully saturated rings. The maximum absolute atomic E-state index is 5.94. The number of rotatable bonds is 2. The Balaban J connectivity index is 2.06. The van der Waals surface area contributed by atoms with Crippen molar-refractivity contribution in [3.05, 3.63) is 35.4 Å². The lowest BCUT2D eigenvalue weighted by atomic mass is 10.0. The highest BCUT2D eigenvalue weighted by Gasteiger charge is 2.24. The summed E-state index contributed by atoms with van der Waals surface area (Å²) in [4.78, 5) is 0. The van der Waals surface area contributed by atoms with Crippen LogP contribution in [0.25, 0.3) is 0 Å². The lowest BCUT2D eigenvalue weighted by Crippen LogP contribution is -2.04. The van der Waals surface area contributed by atoms with Gasteiger partial charge in [0.25, 0.3) is 0 Å². The van der Waals surface area contributed by atoms with E-state index in [1.807, 2.05) is 0 Å². The summed E-state index contributed by atoms with van der Waals surface area (Å²) in [6.45, 7) is 4.32. The van der Waals surface area contributed by atoms with Crippen molar-refractivity contribution in [1.29, 1.82) is 0 Å². The standard InChI is InChI=1S/C13H18O/c1-3-12-8-9-13(14-12)11-6-4-10(2)5-7-11/h4-7,12-13H,3,8-9H2,1-2H3/t12-,13?/m0/s1. The van der Waals surface area contributed by atoms with Crippen molar-refractivity contribution in [3.63, 3.8) is 0 Å². The number of aryl methyl sites for hydroxylation is 1. The zero-order valence-corrected chi connectivity index (χ0v) is 8.99. The molecule has 1 nitrogen and oxygen atoms in total. The summed E-state index contributed by atoms with van der Waals surface area (Å²) < 4.78 is 5.94. The number of ether oxygens (including phenoxy) is 1. The smallest absolute Gasteiger partial charge is 0.0829 e. The molecular weight excluding hydrogens is 172 g/mol. The molecule has 76 valence electrons. The summed E-state index contributed by atoms with van der Waals surface area (Å²) in [5.74, 6) is 0. The second-order valence-electron chi connectivity index (χ2n) is 4.14. The van der Waals surface area contributed by atoms with Gasteiger partial charge < -0.3 is 4.74 Å². The highest BCUT2D eigenvalue weighted by molar-refractivity contribution is 5.23. The van der Waals surface area contributed by atoms with Crippen LogP contribution in [-0.4, -0.2) is 6.10 Å². The zero-order chi connectivity index (χ0) is 9.97. The molecule has 2 rings (SSSR count). The Morgan fingerprint density at radius 1 is 1.21 bits per heavy atom. The normalized spacial score (nSPS) is 26.7. The summed E-state index contributed by atoms with van der Waals surface area (Å²) in [6.07, 6.45) is 4.38. The molecule has 14 heavy (non-hydrogen) atoms. The monoisotopic (exact) mass is 190 g/mol. The largest absolute Gasteiger partial charge is 0.370 e. The summed E-state index contributed by atoms with van der Waals surface area (Å²) in [5, 5.41) is 0. The lowest BCUT2D eigenvalue weighted by molar-refractivity contribution is 0.0428. The average Bonchev–Trinajstić information content (AvgIpc) is 2.67. The van der Waals surface area contributed by atoms with Crippen LogP contribution < -0.4 is 0 Å². The molecule has 0 saturated carbocycles. The summed E-state index contributed by atoms with van der Waals surface area (Å²) in [6, 6.07) is 8.71. The SMILES string of the molecule is CC[C@H]1CCC(c2ccc(C)cc2)O1. The van der Waals surface area contributed by atoms with Gasteiger partial charge in [-0.05, 0) is 31.7 Å². The molecule has 1 heteroatoms. The average molecular weight is 190 g/mol. The van der Waals surface area contributed by atoms with E-state index in [4.69, 9.17) is 4.74 Å². The first kappa shape index (κ1) is 9.72. The van der Waals surface area contributed by atoms with Gasteiger partial charge in [0.1, 0.15) is 0 Å². The van der Waals surface area contributed by atoms with E-state index in [2.05, 4.69) is 38.1 Å². The van der Waals surface area contributed by atoms with Crippen LogP contribution in [0.4, 0.5) is 0 Å². The molecule has 0 amide bonds. The van der Waals surface area contributed by atoms with Gasteiger partial charge in [-0.2, -0.15) is 0 Å². The van der Waals surface area contributed by atoms with Crippen LogP contribution in [0.3, 0.4) is 0 Å². The van der Waals surface area contributed by atoms with Crippen LogP contribution in [0.2, 0.25) is 0 Å². The van der Waals surface area contributed by atoms with Crippen molar-refractivity contribution >= 4 is 0 Å². The minimum absolute atomic E-state index is 0.348. The molecule has 0 radical (unpaired) electrons. The Hall–Kier alpha value is -0.820. The minimum Gasteiger partial charge on any atom is -0.370 e. The molecule has 0 bridgehead atoms. The molecule has 1 aromatic rings. The predicted octanol–water partition coefficient (Wildman–Crippen LogP) is 3.63. The fraction of sp³-hybridized carbons (Fsp3) is 0.538. The van der Waals surface area contributed by atoms with E-state index in [1.165, 1.54) is 24.0 Å². The van der Waals surface area contributed by atoms with Gasteiger partial charge in [0, 0.05) is 0 Å². The maximum atomic E-state index is 5.94. The molecule has 1 aromatic carbocycles. The van der Waals surface area contributed by atoms with E-state index >= 15 is 0 Å². The quantitative estimate of drug-likeness (QED) is 0.692. The van der Waals surface area contributed by atoms with E-state index in [9.17, 15) is 0 Å². The number of hydrogen-bond donors (Lipinski definition) is 0. The van der Waals surface area contributed by atoms with Gasteiger partial charge in [-0.15, -0.1) is 0 Å². The minimum atomic E-state index is 0.348. The summed E-state index contributed by atoms with van der Waals surface area (Å²) in [7, 11) is 0. The van der Waals surface area contributed by atoms with Crippen LogP contribution in [-0.2, 0) is 4.74 Å². The van der Waals surface area contributed by atoms with Crippen molar-refractivity contribution in [3.8, 4) is 0 Å². The molecular formula is C13H18O. The third-order valence-electron chi connectivity index (χ3n) is 3.01. The van der Waals surface area contributed by atoms with E-state index in [0.717, 1.165) is 6.42 Å². The summed E-state index contributed by atoms with van der Waals surface area (Å²) >= 11 is 0. The Morgan fingerprint density at radius 3 is 2.50 bits per heavy atom. The lowest BCUT2D eigenvalue weighted by Gasteiger charge is -2.12. The second-order valence-corrected chi connectivity index (χ2v) is 4.14. The van der Waals surface area contributed by atoms with Crippen molar-refractivity contribution in [2.45, 2.75) is 45.3 Å². The molecule has 1 saturated heterocycles. The first-order chi connectivity index (χ1) is 6.79. The third kappa shape index (κ3) is 1.98. The molecule has 1 unspecified atom stereocenters. The van der Waals surface area contributed by atoms with Gasteiger partial charge in [-0.1, -0.05) is 36.8 Å². The number of hydrogen-bond acceptors (Lipinski definition) is 1. The number of benzene rings is 1. The van der Waals surface area contributed by atoms with Crippen LogP contribution in [0.15, 0.2) is 24.3 Å². The van der Waals surface area contributed by atoms with Crippen molar-refractivity contribution in [2.24, 2.45) is 0 Å². The Kier molecular flexibility index (Phi) is 2.87. The molecule has 2 atom stereocenters. The van der Waals surface area contributed by atoms with Crippen LogP contribution in [0.5, 0.6) is 0 Å². The van der Waals surface area contributed by atoms with E-state index in [0.29, 0.717) is 12.2 Å². The van der Waals surface area contributed by atoms with Crippen molar-refractivity contribution in [2.75, 3.05) is 0 Å². The Labute approximate surface area is 86.1 Å². The Morgan fingerprint density at radius 2 is 1.93 bits per heavy atom. The fourth-order valence-corrected chi connectivity index (χ4v) is 2.03. The third-order valence-corrected chi connectivity index (χ3v) is 3.01. The van der Waals surface area contributed by atoms with Crippen LogP contribution >= 0.6 is 0 Å². The molecule has 1 aliphatic rings. The van der Waals surface area contributed by atoms with Gasteiger partial charge in [0.2, 0.25) is 0 Å². The zero-order valence-electron chi connectivity index (χ0n) is 8.99. The van der Waals surface area contributed by atoms with E-state index < -0.39 is 0 Å². The molecule has 0 spiro atoms. The van der Waals surface area contributed by atoms with Crippen LogP contribution in [0.1, 0.15) is 43.4 Å². The molecule has 0 aromatic heterocycles. The molecule has 1 aliphatic heterocycles. The van der Waals surface area contributed by atoms with Gasteiger partial charge in [-0.3, -0.25) is 0 Å². The fourth-order valence-electron chi connectivity index (χ4n) is 2.03. The first-order valence-electron chi connectivity index (χ1n) is 5.51. The summed E-state index contributed by atoms with van der Waals surface area (Å²) in [5.41, 5.74) is 2.66. The van der Waals surface area contributed by atoms with Crippen LogP contribution in [0, 0.1) is 6.92 Å². The Bertz CT molecular complexity index is 289. The van der Waals surface area contributed by atoms with E-state index in [1.54, 1.807) is 0 Å². The van der Waals surface area contributed by atoms with E-state index in [-0.39, 0.29) is 0 Å². The highest BCUT2D eigenvalue weighted by Crippen LogP contribution is 2.33. The van der Waals surface area contributed by atoms with Gasteiger partial charge in [0.15, 0.2) is 0 Å². The topological polar surface area (TPSA) is 9.23 Å². The predicted molar refractivity (Wildman–Crippen MR) is 58.3 cm³/mol. The van der Waals surface area contributed by atoms with Gasteiger partial charge >= 0.3 is 0 Å². The highest BCUT2D eigenvalue weighted by atomic mass is 16.5. The maximum Gasteiger partial charge on any atom is 0.0829 e. The molecule has 1 heterocycles. The second kappa shape index (κ2) is 4.14.